The Morgan fingerprint density at radius 3 is 1.61 bits per heavy atom. The lowest BCUT2D eigenvalue weighted by Gasteiger charge is -2.27. The fraction of sp³-hybridized carbons (Fsp3) is 0.703. The molecule has 12 nitrogen and oxygen atoms in total. The van der Waals surface area contributed by atoms with E-state index in [0.717, 1.165) is 5.56 Å². The number of hydrogen-bond acceptors (Lipinski definition) is 8. The lowest BCUT2D eigenvalue weighted by atomic mass is 10.0. The summed E-state index contributed by atoms with van der Waals surface area (Å²) >= 11 is 0. The molecule has 4 amide bonds. The van der Waals surface area contributed by atoms with Gasteiger partial charge >= 0.3 is 24.1 Å². The van der Waals surface area contributed by atoms with Crippen molar-refractivity contribution < 1.29 is 38.2 Å². The lowest BCUT2D eigenvalue weighted by Crippen LogP contribution is -2.56. The van der Waals surface area contributed by atoms with Gasteiger partial charge in [0.05, 0.1) is 6.04 Å². The third-order valence-corrected chi connectivity index (χ3v) is 7.06. The molecule has 12 heteroatoms. The Labute approximate surface area is 293 Å². The second-order valence-electron chi connectivity index (χ2n) is 15.4. The van der Waals surface area contributed by atoms with Crippen LogP contribution in [0.1, 0.15) is 107 Å². The predicted molar refractivity (Wildman–Crippen MR) is 189 cm³/mol. The molecule has 0 radical (unpaired) electrons. The van der Waals surface area contributed by atoms with E-state index in [9.17, 15) is 24.0 Å². The molecular weight excluding hydrogens is 628 g/mol. The van der Waals surface area contributed by atoms with E-state index in [2.05, 4.69) is 21.3 Å². The first kappa shape index (κ1) is 43.2. The molecule has 0 aliphatic heterocycles. The van der Waals surface area contributed by atoms with Gasteiger partial charge in [-0.05, 0) is 75.7 Å². The van der Waals surface area contributed by atoms with Gasteiger partial charge in [-0.25, -0.2) is 19.2 Å². The normalized spacial score (nSPS) is 14.1. The van der Waals surface area contributed by atoms with E-state index in [0.29, 0.717) is 25.7 Å². The minimum absolute atomic E-state index is 0.0485. The smallest absolute Gasteiger partial charge is 0.408 e. The Bertz CT molecular complexity index is 1180. The number of hydrogen-bond donors (Lipinski definition) is 4. The van der Waals surface area contributed by atoms with Gasteiger partial charge in [0, 0.05) is 0 Å². The summed E-state index contributed by atoms with van der Waals surface area (Å²) in [6, 6.07) is 5.34. The van der Waals surface area contributed by atoms with Crippen molar-refractivity contribution in [3.63, 3.8) is 0 Å². The first-order valence-corrected chi connectivity index (χ1v) is 17.5. The number of nitrogens with one attached hydrogen (secondary N) is 4. The van der Waals surface area contributed by atoms with Crippen LogP contribution in [0.15, 0.2) is 30.3 Å². The Hall–Kier alpha value is -3.83. The van der Waals surface area contributed by atoms with Crippen molar-refractivity contribution in [2.45, 2.75) is 138 Å². The second-order valence-corrected chi connectivity index (χ2v) is 15.4. The molecule has 1 rings (SSSR count). The molecule has 0 heterocycles. The molecular formula is C37H62N4O8. The van der Waals surface area contributed by atoms with Crippen LogP contribution < -0.4 is 21.3 Å². The third-order valence-electron chi connectivity index (χ3n) is 7.06. The summed E-state index contributed by atoms with van der Waals surface area (Å²) in [7, 11) is 0. The molecule has 0 aromatic heterocycles. The Kier molecular flexibility index (Phi) is 18.8. The summed E-state index contributed by atoms with van der Waals surface area (Å²) < 4.78 is 16.4. The van der Waals surface area contributed by atoms with Gasteiger partial charge in [-0.2, -0.15) is 0 Å². The Morgan fingerprint density at radius 2 is 1.10 bits per heavy atom. The lowest BCUT2D eigenvalue weighted by molar-refractivity contribution is -0.150. The van der Waals surface area contributed by atoms with E-state index in [4.69, 9.17) is 14.2 Å². The average Bonchev–Trinajstić information content (AvgIpc) is 2.96. The molecule has 0 aliphatic carbocycles. The van der Waals surface area contributed by atoms with Crippen molar-refractivity contribution in [2.24, 2.45) is 23.7 Å². The van der Waals surface area contributed by atoms with Crippen molar-refractivity contribution in [3.8, 4) is 0 Å². The maximum atomic E-state index is 13.5. The number of benzene rings is 1. The van der Waals surface area contributed by atoms with Crippen LogP contribution in [0, 0.1) is 23.7 Å². The van der Waals surface area contributed by atoms with Crippen LogP contribution in [0.2, 0.25) is 0 Å². The van der Waals surface area contributed by atoms with Crippen molar-refractivity contribution >= 4 is 30.0 Å². The zero-order valence-electron chi connectivity index (χ0n) is 31.5. The van der Waals surface area contributed by atoms with Crippen LogP contribution in [-0.2, 0) is 35.2 Å². The Balaban J connectivity index is 2.97. The fourth-order valence-corrected chi connectivity index (χ4v) is 5.03. The molecule has 278 valence electrons. The van der Waals surface area contributed by atoms with Gasteiger partial charge in [0.1, 0.15) is 36.9 Å². The molecule has 0 unspecified atom stereocenters. The molecule has 49 heavy (non-hydrogen) atoms. The van der Waals surface area contributed by atoms with Crippen LogP contribution in [-0.4, -0.2) is 66.3 Å². The van der Waals surface area contributed by atoms with E-state index in [-0.39, 0.29) is 36.9 Å². The van der Waals surface area contributed by atoms with Gasteiger partial charge in [-0.3, -0.25) is 4.79 Å². The Morgan fingerprint density at radius 1 is 0.612 bits per heavy atom. The van der Waals surface area contributed by atoms with Gasteiger partial charge in [0.2, 0.25) is 5.91 Å². The standard InChI is InChI=1S/C37H62N4O8/c1-23(2)17-28(22-48-34(44)31(20-26(7)8)41-36(46)49-37(9,10)11)38-35(45)40-29(18-24(3)4)32(42)39-30(19-25(5)6)33(43)47-21-27-15-13-12-14-16-27/h12-16,23-26,28-31H,17-22H2,1-11H3,(H,39,42)(H,41,46)(H2,38,40,45)/t28-,29+,30-,31+/m0/s1. The first-order valence-electron chi connectivity index (χ1n) is 17.5. The number of carbonyl (C=O) groups is 5. The molecule has 0 aliphatic rings. The number of amides is 4. The summed E-state index contributed by atoms with van der Waals surface area (Å²) in [5.41, 5.74) is 0.0966. The van der Waals surface area contributed by atoms with Crippen LogP contribution in [0.4, 0.5) is 9.59 Å². The first-order chi connectivity index (χ1) is 22.7. The number of esters is 2. The van der Waals surface area contributed by atoms with Gasteiger partial charge in [-0.15, -0.1) is 0 Å². The number of rotatable bonds is 19. The zero-order chi connectivity index (χ0) is 37.3. The van der Waals surface area contributed by atoms with Crippen molar-refractivity contribution in [1.82, 2.24) is 21.3 Å². The van der Waals surface area contributed by atoms with Gasteiger partial charge < -0.3 is 35.5 Å². The van der Waals surface area contributed by atoms with Crippen molar-refractivity contribution in [3.05, 3.63) is 35.9 Å². The van der Waals surface area contributed by atoms with Crippen LogP contribution in [0.25, 0.3) is 0 Å². The highest BCUT2D eigenvalue weighted by atomic mass is 16.6. The van der Waals surface area contributed by atoms with Gasteiger partial charge in [-0.1, -0.05) is 85.7 Å². The zero-order valence-corrected chi connectivity index (χ0v) is 31.5. The molecule has 0 spiro atoms. The summed E-state index contributed by atoms with van der Waals surface area (Å²) in [6.45, 7) is 20.7. The monoisotopic (exact) mass is 690 g/mol. The van der Waals surface area contributed by atoms with Gasteiger partial charge in [0.15, 0.2) is 0 Å². The quantitative estimate of drug-likeness (QED) is 0.104. The van der Waals surface area contributed by atoms with Crippen molar-refractivity contribution in [2.75, 3.05) is 6.61 Å². The molecule has 1 aromatic carbocycles. The predicted octanol–water partition coefficient (Wildman–Crippen LogP) is 5.87. The third kappa shape index (κ3) is 19.7. The fourth-order valence-electron chi connectivity index (χ4n) is 5.03. The number of carbonyl (C=O) groups excluding carboxylic acids is 5. The van der Waals surface area contributed by atoms with Crippen LogP contribution in [0.5, 0.6) is 0 Å². The van der Waals surface area contributed by atoms with E-state index >= 15 is 0 Å². The van der Waals surface area contributed by atoms with E-state index in [1.165, 1.54) is 0 Å². The summed E-state index contributed by atoms with van der Waals surface area (Å²) in [5.74, 6) is -1.32. The minimum Gasteiger partial charge on any atom is -0.462 e. The summed E-state index contributed by atoms with van der Waals surface area (Å²) in [5, 5.41) is 11.0. The highest BCUT2D eigenvalue weighted by Gasteiger charge is 2.31. The average molecular weight is 691 g/mol. The van der Waals surface area contributed by atoms with E-state index in [1.807, 2.05) is 85.7 Å². The minimum atomic E-state index is -0.938. The van der Waals surface area contributed by atoms with Gasteiger partial charge in [0.25, 0.3) is 0 Å². The molecule has 4 atom stereocenters. The maximum absolute atomic E-state index is 13.5. The summed E-state index contributed by atoms with van der Waals surface area (Å²) in [4.78, 5) is 65.4. The highest BCUT2D eigenvalue weighted by Crippen LogP contribution is 2.14. The number of alkyl carbamates (subject to hydrolysis) is 1. The van der Waals surface area contributed by atoms with Crippen LogP contribution in [0.3, 0.4) is 0 Å². The molecule has 4 N–H and O–H groups in total. The van der Waals surface area contributed by atoms with E-state index in [1.54, 1.807) is 20.8 Å². The number of urea groups is 1. The molecule has 0 fully saturated rings. The molecule has 0 saturated carbocycles. The second kappa shape index (κ2) is 21.3. The topological polar surface area (TPSA) is 161 Å². The van der Waals surface area contributed by atoms with Crippen LogP contribution >= 0.6 is 0 Å². The largest absolute Gasteiger partial charge is 0.462 e. The molecule has 1 aromatic rings. The molecule has 0 saturated heterocycles. The van der Waals surface area contributed by atoms with Crippen molar-refractivity contribution in [1.29, 1.82) is 0 Å². The highest BCUT2D eigenvalue weighted by molar-refractivity contribution is 5.90. The summed E-state index contributed by atoms with van der Waals surface area (Å²) in [6.07, 6.45) is 0.789. The van der Waals surface area contributed by atoms with E-state index < -0.39 is 59.7 Å². The molecule has 0 bridgehead atoms. The SMILES string of the molecule is CC(C)C[C@@H](COC(=O)[C@@H](CC(C)C)NC(=O)OC(C)(C)C)NC(=O)N[C@H](CC(C)C)C(=O)N[C@@H](CC(C)C)C(=O)OCc1ccccc1. The number of ether oxygens (including phenoxy) is 3. The maximum Gasteiger partial charge on any atom is 0.408 e.